The van der Waals surface area contributed by atoms with E-state index in [1.165, 1.54) is 75.8 Å². The van der Waals surface area contributed by atoms with Crippen molar-refractivity contribution >= 4 is 53.4 Å². The minimum atomic E-state index is -0.456. The summed E-state index contributed by atoms with van der Waals surface area (Å²) in [6, 6.07) is 89.9. The summed E-state index contributed by atoms with van der Waals surface area (Å²) in [5.74, 6) is 1.80. The van der Waals surface area contributed by atoms with Crippen LogP contribution in [0.15, 0.2) is 253 Å². The van der Waals surface area contributed by atoms with Gasteiger partial charge in [0, 0.05) is 47.6 Å². The molecule has 0 fully saturated rings. The lowest BCUT2D eigenvalue weighted by Gasteiger charge is -2.32. The SMILES string of the molecule is c1ccc(-c2ccc(-c3nc(-c4ccc5sc6ccccc6c5c4)nc(-c4cccc5oc6ccc(-c7cccc(-c8cccc9c8C8(c%10ccccc%10-c%10ccccc%108)c8ccccc8-9)c7)cc6c45)n3)cc2)cc1. The van der Waals surface area contributed by atoms with E-state index in [1.54, 1.807) is 11.3 Å². The number of hydrogen-bond donors (Lipinski definition) is 0. The van der Waals surface area contributed by atoms with E-state index in [0.717, 1.165) is 60.9 Å². The fourth-order valence-electron chi connectivity index (χ4n) is 12.5. The third-order valence-corrected chi connectivity index (χ3v) is 16.9. The Balaban J connectivity index is 0.850. The van der Waals surface area contributed by atoms with Gasteiger partial charge in [-0.15, -0.1) is 11.3 Å². The highest BCUT2D eigenvalue weighted by Gasteiger charge is 2.52. The van der Waals surface area contributed by atoms with Crippen LogP contribution in [0.1, 0.15) is 22.3 Å². The van der Waals surface area contributed by atoms with Gasteiger partial charge < -0.3 is 4.42 Å². The van der Waals surface area contributed by atoms with Gasteiger partial charge >= 0.3 is 0 Å². The summed E-state index contributed by atoms with van der Waals surface area (Å²) in [6.45, 7) is 0. The fourth-order valence-corrected chi connectivity index (χ4v) is 13.6. The van der Waals surface area contributed by atoms with Crippen molar-refractivity contribution < 1.29 is 4.42 Å². The second-order valence-corrected chi connectivity index (χ2v) is 20.8. The van der Waals surface area contributed by atoms with Crippen LogP contribution in [0.4, 0.5) is 0 Å². The number of hydrogen-bond acceptors (Lipinski definition) is 5. The van der Waals surface area contributed by atoms with Gasteiger partial charge in [0.05, 0.1) is 5.41 Å². The predicted molar refractivity (Wildman–Crippen MR) is 309 cm³/mol. The van der Waals surface area contributed by atoms with Crippen molar-refractivity contribution in [3.63, 3.8) is 0 Å². The van der Waals surface area contributed by atoms with Crippen molar-refractivity contribution in [2.75, 3.05) is 0 Å². The molecule has 0 bridgehead atoms. The van der Waals surface area contributed by atoms with E-state index in [4.69, 9.17) is 19.4 Å². The van der Waals surface area contributed by atoms with E-state index < -0.39 is 5.41 Å². The standard InChI is InChI=1S/C70H41N3OS/c1-2-15-42(16-3-1)43-31-33-44(34-32-43)67-71-68(48-36-38-64-56(41-48)53-22-7-11-30-63(53)75-64)73-69(72-67)55-25-14-29-62-65(55)57-40-46(35-37-61(57)74-62)45-17-12-18-47(39-45)49-23-13-24-54-52-21-6-10-28-60(52)70(66(49)54)58-26-8-4-19-50(58)51-20-5-9-27-59(51)70/h1-41H. The summed E-state index contributed by atoms with van der Waals surface area (Å²) in [6.07, 6.45) is 0. The second-order valence-electron chi connectivity index (χ2n) is 19.7. The molecule has 16 rings (SSSR count). The smallest absolute Gasteiger partial charge is 0.164 e. The zero-order valence-electron chi connectivity index (χ0n) is 40.3. The van der Waals surface area contributed by atoms with Crippen LogP contribution in [0.2, 0.25) is 0 Å². The molecular formula is C70H41N3OS. The molecule has 14 aromatic rings. The first-order valence-electron chi connectivity index (χ1n) is 25.5. The maximum atomic E-state index is 6.69. The fraction of sp³-hybridized carbons (Fsp3) is 0.0143. The zero-order valence-corrected chi connectivity index (χ0v) is 41.1. The summed E-state index contributed by atoms with van der Waals surface area (Å²) in [7, 11) is 0. The van der Waals surface area contributed by atoms with Crippen molar-refractivity contribution in [2.24, 2.45) is 0 Å². The molecule has 3 heterocycles. The van der Waals surface area contributed by atoms with Gasteiger partial charge in [0.25, 0.3) is 0 Å². The molecule has 1 spiro atoms. The molecule has 0 saturated heterocycles. The molecule has 348 valence electrons. The first-order valence-corrected chi connectivity index (χ1v) is 26.3. The van der Waals surface area contributed by atoms with E-state index in [2.05, 4.69) is 231 Å². The minimum Gasteiger partial charge on any atom is -0.456 e. The molecule has 3 aromatic heterocycles. The summed E-state index contributed by atoms with van der Waals surface area (Å²) in [5.41, 5.74) is 21.3. The molecule has 0 atom stereocenters. The zero-order chi connectivity index (χ0) is 49.2. The summed E-state index contributed by atoms with van der Waals surface area (Å²) in [5, 5.41) is 4.39. The monoisotopic (exact) mass is 971 g/mol. The Hall–Kier alpha value is -9.55. The Bertz CT molecular complexity index is 4600. The molecule has 75 heavy (non-hydrogen) atoms. The van der Waals surface area contributed by atoms with Gasteiger partial charge in [-0.25, -0.2) is 15.0 Å². The number of aromatic nitrogens is 3. The van der Waals surface area contributed by atoms with Crippen molar-refractivity contribution in [3.8, 4) is 89.8 Å². The maximum Gasteiger partial charge on any atom is 0.164 e. The van der Waals surface area contributed by atoms with Crippen molar-refractivity contribution in [1.82, 2.24) is 15.0 Å². The molecule has 0 aliphatic heterocycles. The third kappa shape index (κ3) is 6.26. The second kappa shape index (κ2) is 16.2. The van der Waals surface area contributed by atoms with Gasteiger partial charge in [0.1, 0.15) is 11.2 Å². The largest absolute Gasteiger partial charge is 0.456 e. The molecular weight excluding hydrogens is 931 g/mol. The molecule has 0 unspecified atom stereocenters. The maximum absolute atomic E-state index is 6.69. The average molecular weight is 972 g/mol. The Labute approximate surface area is 436 Å². The van der Waals surface area contributed by atoms with Crippen LogP contribution in [0.5, 0.6) is 0 Å². The summed E-state index contributed by atoms with van der Waals surface area (Å²) < 4.78 is 9.18. The Morgan fingerprint density at radius 1 is 0.293 bits per heavy atom. The Morgan fingerprint density at radius 2 is 0.800 bits per heavy atom. The third-order valence-electron chi connectivity index (χ3n) is 15.8. The van der Waals surface area contributed by atoms with Gasteiger partial charge in [-0.1, -0.05) is 200 Å². The quantitative estimate of drug-likeness (QED) is 0.167. The number of furan rings is 1. The van der Waals surface area contributed by atoms with E-state index in [9.17, 15) is 0 Å². The number of rotatable bonds is 6. The Morgan fingerprint density at radius 3 is 1.59 bits per heavy atom. The van der Waals surface area contributed by atoms with E-state index in [1.807, 2.05) is 18.2 Å². The molecule has 0 N–H and O–H groups in total. The van der Waals surface area contributed by atoms with Crippen molar-refractivity contribution in [2.45, 2.75) is 5.41 Å². The molecule has 5 heteroatoms. The molecule has 2 aliphatic carbocycles. The van der Waals surface area contributed by atoms with Crippen LogP contribution in [0, 0.1) is 0 Å². The number of thiophene rings is 1. The molecule has 0 radical (unpaired) electrons. The van der Waals surface area contributed by atoms with Crippen molar-refractivity contribution in [3.05, 3.63) is 271 Å². The first kappa shape index (κ1) is 42.0. The van der Waals surface area contributed by atoms with Crippen LogP contribution in [-0.2, 0) is 5.41 Å². The summed E-state index contributed by atoms with van der Waals surface area (Å²) >= 11 is 1.81. The lowest BCUT2D eigenvalue weighted by molar-refractivity contribution is 0.669. The van der Waals surface area contributed by atoms with Crippen LogP contribution in [0.25, 0.3) is 132 Å². The topological polar surface area (TPSA) is 51.8 Å². The predicted octanol–water partition coefficient (Wildman–Crippen LogP) is 18.5. The Kier molecular flexibility index (Phi) is 9.09. The van der Waals surface area contributed by atoms with Crippen molar-refractivity contribution in [1.29, 1.82) is 0 Å². The van der Waals surface area contributed by atoms with E-state index in [-0.39, 0.29) is 0 Å². The van der Waals surface area contributed by atoms with Crippen LogP contribution >= 0.6 is 11.3 Å². The molecule has 11 aromatic carbocycles. The van der Waals surface area contributed by atoms with Gasteiger partial charge in [0.2, 0.25) is 0 Å². The number of fused-ring (bicyclic) bond motifs is 16. The minimum absolute atomic E-state index is 0.456. The normalized spacial score (nSPS) is 12.9. The molecule has 0 saturated carbocycles. The van der Waals surface area contributed by atoms with Gasteiger partial charge in [-0.3, -0.25) is 0 Å². The van der Waals surface area contributed by atoms with Gasteiger partial charge in [-0.2, -0.15) is 0 Å². The molecule has 0 amide bonds. The van der Waals surface area contributed by atoms with Crippen LogP contribution < -0.4 is 0 Å². The highest BCUT2D eigenvalue weighted by atomic mass is 32.1. The van der Waals surface area contributed by atoms with Gasteiger partial charge in [-0.05, 0) is 126 Å². The average Bonchev–Trinajstić information content (AvgIpc) is 4.25. The van der Waals surface area contributed by atoms with Crippen LogP contribution in [0.3, 0.4) is 0 Å². The van der Waals surface area contributed by atoms with Gasteiger partial charge in [0.15, 0.2) is 17.5 Å². The lowest BCUT2D eigenvalue weighted by atomic mass is 9.68. The molecule has 4 nitrogen and oxygen atoms in total. The highest BCUT2D eigenvalue weighted by Crippen LogP contribution is 2.64. The summed E-state index contributed by atoms with van der Waals surface area (Å²) in [4.78, 5) is 15.9. The van der Waals surface area contributed by atoms with Crippen LogP contribution in [-0.4, -0.2) is 15.0 Å². The number of benzene rings is 11. The highest BCUT2D eigenvalue weighted by molar-refractivity contribution is 7.25. The molecule has 2 aliphatic rings. The lowest BCUT2D eigenvalue weighted by Crippen LogP contribution is -2.26. The van der Waals surface area contributed by atoms with E-state index in [0.29, 0.717) is 17.5 Å². The number of nitrogens with zero attached hydrogens (tertiary/aromatic N) is 3. The first-order chi connectivity index (χ1) is 37.2. The van der Waals surface area contributed by atoms with E-state index >= 15 is 0 Å².